The molecule has 0 bridgehead atoms. The number of thiazole rings is 1. The molecule has 2 amide bonds. The lowest BCUT2D eigenvalue weighted by Gasteiger charge is -2.18. The molecule has 29 heavy (non-hydrogen) atoms. The summed E-state index contributed by atoms with van der Waals surface area (Å²) in [6.45, 7) is 6.37. The van der Waals surface area contributed by atoms with Gasteiger partial charge in [-0.1, -0.05) is 23.5 Å². The maximum atomic E-state index is 11.9. The van der Waals surface area contributed by atoms with Crippen LogP contribution in [0.4, 0.5) is 20.4 Å². The third kappa shape index (κ3) is 4.29. The summed E-state index contributed by atoms with van der Waals surface area (Å²) in [7, 11) is 0. The molecule has 1 aliphatic rings. The van der Waals surface area contributed by atoms with E-state index in [1.54, 1.807) is 25.7 Å². The quantitative estimate of drug-likeness (QED) is 0.672. The lowest BCUT2D eigenvalue weighted by atomic mass is 10.1. The molecular weight excluding hydrogens is 392 g/mol. The molecule has 1 saturated heterocycles. The van der Waals surface area contributed by atoms with Gasteiger partial charge in [0.25, 0.3) is 0 Å². The average molecular weight is 412 g/mol. The normalized spacial score (nSPS) is 14.2. The highest BCUT2D eigenvalue weighted by atomic mass is 32.1. The number of aromatic nitrogens is 2. The Balaban J connectivity index is 1.53. The van der Waals surface area contributed by atoms with Gasteiger partial charge in [-0.15, -0.1) is 0 Å². The van der Waals surface area contributed by atoms with Crippen molar-refractivity contribution in [1.82, 2.24) is 9.97 Å². The second kappa shape index (κ2) is 7.32. The van der Waals surface area contributed by atoms with Gasteiger partial charge < -0.3 is 9.47 Å². The Labute approximate surface area is 171 Å². The summed E-state index contributed by atoms with van der Waals surface area (Å²) in [5.74, 6) is 0. The number of cyclic esters (lactones) is 1. The number of pyridine rings is 1. The third-order valence-corrected chi connectivity index (χ3v) is 4.98. The predicted molar refractivity (Wildman–Crippen MR) is 111 cm³/mol. The summed E-state index contributed by atoms with van der Waals surface area (Å²) in [5.41, 5.74) is 2.60. The van der Waals surface area contributed by atoms with Crippen molar-refractivity contribution in [3.05, 3.63) is 36.4 Å². The summed E-state index contributed by atoms with van der Waals surface area (Å²) >= 11 is 1.28. The van der Waals surface area contributed by atoms with Gasteiger partial charge in [0.1, 0.15) is 22.6 Å². The number of hydrogen-bond acceptors (Lipinski definition) is 7. The SMILES string of the molecule is CC(C)(C)OC(=O)Nc1nc2ccc(-c3ccc(N4CCOC4=O)cc3)nc2s1. The van der Waals surface area contributed by atoms with Gasteiger partial charge in [-0.25, -0.2) is 19.6 Å². The number of amides is 2. The minimum absolute atomic E-state index is 0.327. The van der Waals surface area contributed by atoms with Crippen LogP contribution in [0.2, 0.25) is 0 Å². The second-order valence-corrected chi connectivity index (χ2v) is 8.46. The summed E-state index contributed by atoms with van der Waals surface area (Å²) in [6.07, 6.45) is -0.875. The lowest BCUT2D eigenvalue weighted by molar-refractivity contribution is 0.0636. The molecule has 3 heterocycles. The van der Waals surface area contributed by atoms with E-state index in [0.29, 0.717) is 28.6 Å². The number of hydrogen-bond donors (Lipinski definition) is 1. The average Bonchev–Trinajstić information content (AvgIpc) is 3.24. The van der Waals surface area contributed by atoms with Crippen molar-refractivity contribution in [2.24, 2.45) is 0 Å². The fraction of sp³-hybridized carbons (Fsp3) is 0.300. The number of nitrogens with zero attached hydrogens (tertiary/aromatic N) is 3. The Morgan fingerprint density at radius 3 is 2.59 bits per heavy atom. The zero-order valence-corrected chi connectivity index (χ0v) is 17.1. The van der Waals surface area contributed by atoms with Crippen molar-refractivity contribution >= 4 is 44.7 Å². The van der Waals surface area contributed by atoms with E-state index < -0.39 is 11.7 Å². The molecule has 0 aliphatic carbocycles. The van der Waals surface area contributed by atoms with Crippen LogP contribution >= 0.6 is 11.3 Å². The highest BCUT2D eigenvalue weighted by Gasteiger charge is 2.23. The molecule has 0 atom stereocenters. The molecule has 150 valence electrons. The molecule has 8 nitrogen and oxygen atoms in total. The van der Waals surface area contributed by atoms with E-state index in [9.17, 15) is 9.59 Å². The van der Waals surface area contributed by atoms with Crippen LogP contribution in [-0.4, -0.2) is 40.9 Å². The summed E-state index contributed by atoms with van der Waals surface area (Å²) < 4.78 is 10.2. The molecule has 0 saturated carbocycles. The van der Waals surface area contributed by atoms with Crippen LogP contribution in [0.25, 0.3) is 21.6 Å². The van der Waals surface area contributed by atoms with E-state index in [1.165, 1.54) is 11.3 Å². The van der Waals surface area contributed by atoms with E-state index in [1.807, 2.05) is 36.4 Å². The first kappa shape index (κ1) is 19.1. The minimum Gasteiger partial charge on any atom is -0.447 e. The number of nitrogens with one attached hydrogen (secondary N) is 1. The maximum absolute atomic E-state index is 11.9. The Morgan fingerprint density at radius 1 is 1.17 bits per heavy atom. The van der Waals surface area contributed by atoms with Crippen molar-refractivity contribution in [1.29, 1.82) is 0 Å². The number of fused-ring (bicyclic) bond motifs is 1. The van der Waals surface area contributed by atoms with Crippen molar-refractivity contribution < 1.29 is 19.1 Å². The van der Waals surface area contributed by atoms with E-state index in [4.69, 9.17) is 9.47 Å². The molecule has 4 rings (SSSR count). The van der Waals surface area contributed by atoms with Crippen LogP contribution in [0.1, 0.15) is 20.8 Å². The smallest absolute Gasteiger partial charge is 0.414 e. The molecule has 0 spiro atoms. The van der Waals surface area contributed by atoms with E-state index in [-0.39, 0.29) is 6.09 Å². The number of benzene rings is 1. The first-order valence-electron chi connectivity index (χ1n) is 9.11. The van der Waals surface area contributed by atoms with Gasteiger partial charge in [0.2, 0.25) is 0 Å². The summed E-state index contributed by atoms with van der Waals surface area (Å²) in [5, 5.41) is 3.08. The van der Waals surface area contributed by atoms with Crippen LogP contribution in [0.15, 0.2) is 36.4 Å². The van der Waals surface area contributed by atoms with Gasteiger partial charge >= 0.3 is 12.2 Å². The molecule has 1 N–H and O–H groups in total. The molecule has 1 fully saturated rings. The molecular formula is C20H20N4O4S. The highest BCUT2D eigenvalue weighted by molar-refractivity contribution is 7.21. The van der Waals surface area contributed by atoms with Crippen LogP contribution < -0.4 is 10.2 Å². The topological polar surface area (TPSA) is 93.6 Å². The van der Waals surface area contributed by atoms with Crippen LogP contribution in [0, 0.1) is 0 Å². The summed E-state index contributed by atoms with van der Waals surface area (Å²) in [4.78, 5) is 34.9. The zero-order valence-electron chi connectivity index (χ0n) is 16.3. The zero-order chi connectivity index (χ0) is 20.6. The first-order chi connectivity index (χ1) is 13.8. The van der Waals surface area contributed by atoms with Gasteiger partial charge in [0.15, 0.2) is 5.13 Å². The van der Waals surface area contributed by atoms with Crippen molar-refractivity contribution in [2.45, 2.75) is 26.4 Å². The van der Waals surface area contributed by atoms with Crippen LogP contribution in [-0.2, 0) is 9.47 Å². The Hall–Kier alpha value is -3.20. The second-order valence-electron chi connectivity index (χ2n) is 7.48. The molecule has 1 aromatic carbocycles. The van der Waals surface area contributed by atoms with E-state index in [0.717, 1.165) is 16.9 Å². The Bertz CT molecular complexity index is 1070. The van der Waals surface area contributed by atoms with Crippen molar-refractivity contribution in [3.8, 4) is 11.3 Å². The van der Waals surface area contributed by atoms with Gasteiger partial charge in [0.05, 0.1) is 12.2 Å². The number of ether oxygens (including phenoxy) is 2. The monoisotopic (exact) mass is 412 g/mol. The van der Waals surface area contributed by atoms with Crippen molar-refractivity contribution in [3.63, 3.8) is 0 Å². The van der Waals surface area contributed by atoms with E-state index in [2.05, 4.69) is 15.3 Å². The number of carbonyl (C=O) groups excluding carboxylic acids is 2. The maximum Gasteiger partial charge on any atom is 0.414 e. The minimum atomic E-state index is -0.579. The predicted octanol–water partition coefficient (Wildman–Crippen LogP) is 4.66. The Morgan fingerprint density at radius 2 is 1.93 bits per heavy atom. The molecule has 1 aliphatic heterocycles. The van der Waals surface area contributed by atoms with Crippen LogP contribution in [0.5, 0.6) is 0 Å². The van der Waals surface area contributed by atoms with Crippen LogP contribution in [0.3, 0.4) is 0 Å². The van der Waals surface area contributed by atoms with Gasteiger partial charge in [0, 0.05) is 11.3 Å². The fourth-order valence-electron chi connectivity index (χ4n) is 2.86. The summed E-state index contributed by atoms with van der Waals surface area (Å²) in [6, 6.07) is 11.3. The number of carbonyl (C=O) groups is 2. The van der Waals surface area contributed by atoms with E-state index >= 15 is 0 Å². The molecule has 0 radical (unpaired) electrons. The molecule has 9 heteroatoms. The molecule has 3 aromatic rings. The first-order valence-corrected chi connectivity index (χ1v) is 9.92. The molecule has 2 aromatic heterocycles. The number of anilines is 2. The fourth-order valence-corrected chi connectivity index (χ4v) is 3.69. The standard InChI is InChI=1S/C20H20N4O4S/c1-20(2,3)28-18(25)23-17-22-15-9-8-14(21-16(15)29-17)12-4-6-13(7-5-12)24-10-11-27-19(24)26/h4-9H,10-11H2,1-3H3,(H,22,23,25). The van der Waals surface area contributed by atoms with Gasteiger partial charge in [-0.3, -0.25) is 10.2 Å². The third-order valence-electron chi connectivity index (χ3n) is 4.10. The largest absolute Gasteiger partial charge is 0.447 e. The van der Waals surface area contributed by atoms with Gasteiger partial charge in [-0.05, 0) is 45.0 Å². The highest BCUT2D eigenvalue weighted by Crippen LogP contribution is 2.29. The lowest BCUT2D eigenvalue weighted by Crippen LogP contribution is -2.27. The number of rotatable bonds is 3. The molecule has 0 unspecified atom stereocenters. The Kier molecular flexibility index (Phi) is 4.83. The van der Waals surface area contributed by atoms with Gasteiger partial charge in [-0.2, -0.15) is 0 Å². The van der Waals surface area contributed by atoms with Crippen molar-refractivity contribution in [2.75, 3.05) is 23.4 Å².